The van der Waals surface area contributed by atoms with E-state index in [1.54, 1.807) is 0 Å². The zero-order valence-corrected chi connectivity index (χ0v) is 9.77. The van der Waals surface area contributed by atoms with Gasteiger partial charge in [0.1, 0.15) is 6.10 Å². The molecule has 5 nitrogen and oxygen atoms in total. The third-order valence-electron chi connectivity index (χ3n) is 2.92. The fourth-order valence-electron chi connectivity index (χ4n) is 1.92. The van der Waals surface area contributed by atoms with Crippen LogP contribution in [0.2, 0.25) is 0 Å². The van der Waals surface area contributed by atoms with Gasteiger partial charge >= 0.3 is 0 Å². The fourth-order valence-corrected chi connectivity index (χ4v) is 1.92. The lowest BCUT2D eigenvalue weighted by molar-refractivity contribution is -0.162. The van der Waals surface area contributed by atoms with E-state index in [2.05, 4.69) is 0 Å². The van der Waals surface area contributed by atoms with Crippen molar-refractivity contribution in [3.63, 3.8) is 0 Å². The highest BCUT2D eigenvalue weighted by Crippen LogP contribution is 2.17. The van der Waals surface area contributed by atoms with E-state index in [-0.39, 0.29) is 0 Å². The molecule has 1 aliphatic rings. The molecule has 1 heterocycles. The summed E-state index contributed by atoms with van der Waals surface area (Å²) in [6.07, 6.45) is 1.52. The number of hydrogen-bond acceptors (Lipinski definition) is 4. The zero-order valence-electron chi connectivity index (χ0n) is 9.77. The number of Topliss-reactive ketones (excluding diaryl/α,β-unsaturated/α-hetero) is 1. The first-order valence-corrected chi connectivity index (χ1v) is 5.61. The SMILES string of the molecule is CC(O)C(=O)C(C)(O)C(=O)N1CCCCC1. The first kappa shape index (κ1) is 13.1. The van der Waals surface area contributed by atoms with E-state index >= 15 is 0 Å². The molecule has 16 heavy (non-hydrogen) atoms. The van der Waals surface area contributed by atoms with Gasteiger partial charge in [-0.1, -0.05) is 0 Å². The van der Waals surface area contributed by atoms with Crippen LogP contribution in [0.4, 0.5) is 0 Å². The maximum atomic E-state index is 11.9. The predicted octanol–water partition coefficient (Wildman–Crippen LogP) is -0.300. The lowest BCUT2D eigenvalue weighted by atomic mass is 9.94. The maximum Gasteiger partial charge on any atom is 0.262 e. The van der Waals surface area contributed by atoms with Crippen molar-refractivity contribution in [1.29, 1.82) is 0 Å². The Kier molecular flexibility index (Phi) is 4.04. The number of hydrogen-bond donors (Lipinski definition) is 2. The van der Waals surface area contributed by atoms with Gasteiger partial charge in [0.2, 0.25) is 11.4 Å². The van der Waals surface area contributed by atoms with Crippen molar-refractivity contribution < 1.29 is 19.8 Å². The summed E-state index contributed by atoms with van der Waals surface area (Å²) in [5.74, 6) is -1.44. The number of aliphatic hydroxyl groups is 2. The molecule has 1 saturated heterocycles. The summed E-state index contributed by atoms with van der Waals surface area (Å²) in [6.45, 7) is 3.55. The topological polar surface area (TPSA) is 77.8 Å². The van der Waals surface area contributed by atoms with Crippen molar-refractivity contribution in [2.24, 2.45) is 0 Å². The Bertz CT molecular complexity index is 280. The Morgan fingerprint density at radius 1 is 1.25 bits per heavy atom. The number of ketones is 1. The number of carbonyl (C=O) groups is 2. The molecule has 1 aliphatic heterocycles. The van der Waals surface area contributed by atoms with Crippen molar-refractivity contribution in [3.05, 3.63) is 0 Å². The van der Waals surface area contributed by atoms with Crippen LogP contribution in [-0.4, -0.2) is 51.6 Å². The molecule has 2 N–H and O–H groups in total. The third-order valence-corrected chi connectivity index (χ3v) is 2.92. The molecule has 2 atom stereocenters. The van der Waals surface area contributed by atoms with Gasteiger partial charge in [-0.3, -0.25) is 9.59 Å². The third kappa shape index (κ3) is 2.59. The Morgan fingerprint density at radius 2 is 1.75 bits per heavy atom. The summed E-state index contributed by atoms with van der Waals surface area (Å²) in [7, 11) is 0. The van der Waals surface area contributed by atoms with Gasteiger partial charge in [-0.15, -0.1) is 0 Å². The average Bonchev–Trinajstić information content (AvgIpc) is 2.28. The van der Waals surface area contributed by atoms with Crippen molar-refractivity contribution >= 4 is 11.7 Å². The molecular weight excluding hydrogens is 210 g/mol. The van der Waals surface area contributed by atoms with Crippen LogP contribution in [0.5, 0.6) is 0 Å². The molecule has 5 heteroatoms. The minimum Gasteiger partial charge on any atom is -0.385 e. The normalized spacial score (nSPS) is 22.4. The minimum absolute atomic E-state index is 0.572. The lowest BCUT2D eigenvalue weighted by Gasteiger charge is -2.33. The second kappa shape index (κ2) is 4.93. The summed E-state index contributed by atoms with van der Waals surface area (Å²) in [5.41, 5.74) is -2.11. The molecule has 0 aromatic rings. The van der Waals surface area contributed by atoms with Crippen LogP contribution >= 0.6 is 0 Å². The molecule has 0 aromatic heterocycles. The van der Waals surface area contributed by atoms with Crippen molar-refractivity contribution in [2.75, 3.05) is 13.1 Å². The number of nitrogens with zero attached hydrogens (tertiary/aromatic N) is 1. The first-order valence-electron chi connectivity index (χ1n) is 5.61. The van der Waals surface area contributed by atoms with E-state index < -0.39 is 23.4 Å². The molecule has 0 saturated carbocycles. The predicted molar refractivity (Wildman–Crippen MR) is 57.7 cm³/mol. The van der Waals surface area contributed by atoms with Crippen molar-refractivity contribution in [3.8, 4) is 0 Å². The summed E-state index contributed by atoms with van der Waals surface area (Å²) in [6, 6.07) is 0. The quantitative estimate of drug-likeness (QED) is 0.651. The summed E-state index contributed by atoms with van der Waals surface area (Å²) < 4.78 is 0. The monoisotopic (exact) mass is 229 g/mol. The van der Waals surface area contributed by atoms with Gasteiger partial charge in [-0.2, -0.15) is 0 Å². The molecule has 92 valence electrons. The smallest absolute Gasteiger partial charge is 0.262 e. The van der Waals surface area contributed by atoms with Crippen LogP contribution in [0.15, 0.2) is 0 Å². The molecule has 0 spiro atoms. The maximum absolute atomic E-state index is 11.9. The van der Waals surface area contributed by atoms with Gasteiger partial charge in [-0.25, -0.2) is 0 Å². The number of aliphatic hydroxyl groups excluding tert-OH is 1. The van der Waals surface area contributed by atoms with Crippen LogP contribution in [0.3, 0.4) is 0 Å². The van der Waals surface area contributed by atoms with Crippen LogP contribution < -0.4 is 0 Å². The molecule has 1 amide bonds. The highest BCUT2D eigenvalue weighted by molar-refractivity contribution is 6.10. The first-order chi connectivity index (χ1) is 7.37. The van der Waals surface area contributed by atoms with Gasteiger partial charge in [0, 0.05) is 13.1 Å². The Balaban J connectivity index is 2.74. The van der Waals surface area contributed by atoms with Gasteiger partial charge < -0.3 is 15.1 Å². The van der Waals surface area contributed by atoms with E-state index in [0.717, 1.165) is 26.2 Å². The number of rotatable bonds is 3. The molecule has 0 radical (unpaired) electrons. The van der Waals surface area contributed by atoms with Gasteiger partial charge in [0.15, 0.2) is 0 Å². The van der Waals surface area contributed by atoms with Crippen molar-refractivity contribution in [1.82, 2.24) is 4.90 Å². The molecule has 2 unspecified atom stereocenters. The van der Waals surface area contributed by atoms with Crippen LogP contribution in [-0.2, 0) is 9.59 Å². The second-order valence-corrected chi connectivity index (χ2v) is 4.47. The molecule has 0 aliphatic carbocycles. The van der Waals surface area contributed by atoms with Crippen LogP contribution in [0.1, 0.15) is 33.1 Å². The lowest BCUT2D eigenvalue weighted by Crippen LogP contribution is -2.55. The molecule has 0 bridgehead atoms. The molecule has 0 aromatic carbocycles. The van der Waals surface area contributed by atoms with Crippen LogP contribution in [0, 0.1) is 0 Å². The Labute approximate surface area is 95.1 Å². The Morgan fingerprint density at radius 3 is 2.19 bits per heavy atom. The zero-order chi connectivity index (χ0) is 12.3. The summed E-state index contributed by atoms with van der Waals surface area (Å²) in [5, 5.41) is 19.0. The number of carbonyl (C=O) groups excluding carboxylic acids is 2. The summed E-state index contributed by atoms with van der Waals surface area (Å²) >= 11 is 0. The van der Waals surface area contributed by atoms with E-state index in [9.17, 15) is 14.7 Å². The van der Waals surface area contributed by atoms with Gasteiger partial charge in [-0.05, 0) is 33.1 Å². The molecule has 1 fully saturated rings. The largest absolute Gasteiger partial charge is 0.385 e. The van der Waals surface area contributed by atoms with E-state index in [4.69, 9.17) is 5.11 Å². The van der Waals surface area contributed by atoms with Gasteiger partial charge in [0.05, 0.1) is 0 Å². The minimum atomic E-state index is -2.11. The average molecular weight is 229 g/mol. The number of amides is 1. The highest BCUT2D eigenvalue weighted by atomic mass is 16.3. The van der Waals surface area contributed by atoms with E-state index in [0.29, 0.717) is 13.1 Å². The molecular formula is C11H19NO4. The highest BCUT2D eigenvalue weighted by Gasteiger charge is 2.43. The number of likely N-dealkylation sites (tertiary alicyclic amines) is 1. The fraction of sp³-hybridized carbons (Fsp3) is 0.818. The van der Waals surface area contributed by atoms with E-state index in [1.807, 2.05) is 0 Å². The van der Waals surface area contributed by atoms with Crippen molar-refractivity contribution in [2.45, 2.75) is 44.8 Å². The summed E-state index contributed by atoms with van der Waals surface area (Å²) in [4.78, 5) is 24.9. The Hall–Kier alpha value is -0.940. The van der Waals surface area contributed by atoms with Gasteiger partial charge in [0.25, 0.3) is 5.91 Å². The standard InChI is InChI=1S/C11H19NO4/c1-8(13)9(14)11(2,16)10(15)12-6-4-3-5-7-12/h8,13,16H,3-7H2,1-2H3. The second-order valence-electron chi connectivity index (χ2n) is 4.47. The van der Waals surface area contributed by atoms with Crippen LogP contribution in [0.25, 0.3) is 0 Å². The van der Waals surface area contributed by atoms with E-state index in [1.165, 1.54) is 11.8 Å². The number of piperidine rings is 1. The molecule has 1 rings (SSSR count).